The highest BCUT2D eigenvalue weighted by Crippen LogP contribution is 2.32. The van der Waals surface area contributed by atoms with Crippen LogP contribution in [0, 0.1) is 13.8 Å². The van der Waals surface area contributed by atoms with Gasteiger partial charge in [-0.2, -0.15) is 0 Å². The summed E-state index contributed by atoms with van der Waals surface area (Å²) in [6.07, 6.45) is 0.157. The molecule has 0 bridgehead atoms. The van der Waals surface area contributed by atoms with Crippen LogP contribution in [-0.4, -0.2) is 23.6 Å². The van der Waals surface area contributed by atoms with Gasteiger partial charge in [-0.15, -0.1) is 11.3 Å². The van der Waals surface area contributed by atoms with Crippen molar-refractivity contribution >= 4 is 28.2 Å². The lowest BCUT2D eigenvalue weighted by molar-refractivity contribution is -0.116. The van der Waals surface area contributed by atoms with E-state index in [-0.39, 0.29) is 24.5 Å². The zero-order valence-corrected chi connectivity index (χ0v) is 13.2. The fraction of sp³-hybridized carbons (Fsp3) is 0.250. The van der Waals surface area contributed by atoms with Crippen molar-refractivity contribution < 1.29 is 19.4 Å². The monoisotopic (exact) mass is 319 g/mol. The van der Waals surface area contributed by atoms with Gasteiger partial charge < -0.3 is 15.2 Å². The first-order chi connectivity index (χ1) is 10.5. The van der Waals surface area contributed by atoms with Crippen LogP contribution in [0.5, 0.6) is 5.75 Å². The molecular formula is C16H17NO4S. The van der Waals surface area contributed by atoms with Gasteiger partial charge in [0.05, 0.1) is 18.6 Å². The summed E-state index contributed by atoms with van der Waals surface area (Å²) >= 11 is 1.27. The number of anilines is 1. The molecular weight excluding hydrogens is 302 g/mol. The van der Waals surface area contributed by atoms with E-state index in [1.165, 1.54) is 11.3 Å². The minimum Gasteiger partial charge on any atom is -0.493 e. The second kappa shape index (κ2) is 7.09. The Balaban J connectivity index is 1.92. The summed E-state index contributed by atoms with van der Waals surface area (Å²) in [6, 6.07) is 9.21. The topological polar surface area (TPSA) is 75.6 Å². The molecule has 22 heavy (non-hydrogen) atoms. The Morgan fingerprint density at radius 3 is 2.55 bits per heavy atom. The number of amides is 1. The third kappa shape index (κ3) is 3.85. The molecule has 0 saturated heterocycles. The van der Waals surface area contributed by atoms with Gasteiger partial charge in [0, 0.05) is 4.88 Å². The number of para-hydroxylation sites is 1. The zero-order valence-electron chi connectivity index (χ0n) is 12.4. The lowest BCUT2D eigenvalue weighted by atomic mass is 10.1. The van der Waals surface area contributed by atoms with Crippen LogP contribution < -0.4 is 10.1 Å². The minimum atomic E-state index is -1.03. The van der Waals surface area contributed by atoms with E-state index in [2.05, 4.69) is 5.32 Å². The van der Waals surface area contributed by atoms with Crippen LogP contribution >= 0.6 is 11.3 Å². The molecule has 1 aromatic carbocycles. The summed E-state index contributed by atoms with van der Waals surface area (Å²) in [5, 5.41) is 12.3. The van der Waals surface area contributed by atoms with Gasteiger partial charge in [0.15, 0.2) is 0 Å². The molecule has 0 radical (unpaired) electrons. The molecule has 2 N–H and O–H groups in total. The lowest BCUT2D eigenvalue weighted by Gasteiger charge is -2.07. The van der Waals surface area contributed by atoms with Gasteiger partial charge in [-0.25, -0.2) is 4.79 Å². The van der Waals surface area contributed by atoms with Gasteiger partial charge in [0.1, 0.15) is 10.8 Å². The van der Waals surface area contributed by atoms with Crippen LogP contribution in [0.1, 0.15) is 27.2 Å². The molecule has 116 valence electrons. The van der Waals surface area contributed by atoms with E-state index in [0.717, 1.165) is 4.88 Å². The second-order valence-electron chi connectivity index (χ2n) is 4.75. The van der Waals surface area contributed by atoms with Gasteiger partial charge in [-0.1, -0.05) is 18.2 Å². The smallest absolute Gasteiger partial charge is 0.338 e. The lowest BCUT2D eigenvalue weighted by Crippen LogP contribution is -2.16. The fourth-order valence-electron chi connectivity index (χ4n) is 1.94. The normalized spacial score (nSPS) is 10.3. The van der Waals surface area contributed by atoms with Crippen molar-refractivity contribution in [1.82, 2.24) is 0 Å². The standard InChI is InChI=1S/C16H17NO4S/c1-10-11(2)22-15(14(10)16(19)20)17-13(18)8-9-21-12-6-4-3-5-7-12/h3-7H,8-9H2,1-2H3,(H,17,18)(H,19,20). The van der Waals surface area contributed by atoms with Crippen LogP contribution in [0.25, 0.3) is 0 Å². The molecule has 2 rings (SSSR count). The van der Waals surface area contributed by atoms with Gasteiger partial charge >= 0.3 is 5.97 Å². The number of carboxylic acid groups (broad SMARTS) is 1. The Bertz CT molecular complexity index is 679. The molecule has 5 nitrogen and oxygen atoms in total. The Labute approximate surface area is 132 Å². The summed E-state index contributed by atoms with van der Waals surface area (Å²) < 4.78 is 5.45. The Kier molecular flexibility index (Phi) is 5.16. The molecule has 0 unspecified atom stereocenters. The molecule has 1 aromatic heterocycles. The highest BCUT2D eigenvalue weighted by atomic mass is 32.1. The van der Waals surface area contributed by atoms with Gasteiger partial charge in [0.2, 0.25) is 5.91 Å². The number of thiophene rings is 1. The first kappa shape index (κ1) is 16.0. The third-order valence-corrected chi connectivity index (χ3v) is 4.32. The van der Waals surface area contributed by atoms with Gasteiger partial charge in [-0.05, 0) is 31.5 Å². The van der Waals surface area contributed by atoms with Crippen molar-refractivity contribution in [2.45, 2.75) is 20.3 Å². The zero-order chi connectivity index (χ0) is 16.1. The van der Waals surface area contributed by atoms with Crippen LogP contribution in [-0.2, 0) is 4.79 Å². The quantitative estimate of drug-likeness (QED) is 0.855. The van der Waals surface area contributed by atoms with Crippen molar-refractivity contribution in [3.05, 3.63) is 46.3 Å². The molecule has 0 aliphatic heterocycles. The molecule has 1 heterocycles. The number of nitrogens with one attached hydrogen (secondary N) is 1. The Morgan fingerprint density at radius 2 is 1.91 bits per heavy atom. The Hall–Kier alpha value is -2.34. The van der Waals surface area contributed by atoms with Crippen LogP contribution in [0.2, 0.25) is 0 Å². The molecule has 0 saturated carbocycles. The number of ether oxygens (including phenoxy) is 1. The predicted octanol–water partition coefficient (Wildman–Crippen LogP) is 3.47. The van der Waals surface area contributed by atoms with Crippen molar-refractivity contribution in [2.24, 2.45) is 0 Å². The van der Waals surface area contributed by atoms with E-state index in [9.17, 15) is 14.7 Å². The number of rotatable bonds is 6. The average Bonchev–Trinajstić information content (AvgIpc) is 2.74. The number of aryl methyl sites for hydroxylation is 1. The summed E-state index contributed by atoms with van der Waals surface area (Å²) in [7, 11) is 0. The van der Waals surface area contributed by atoms with Crippen LogP contribution in [0.3, 0.4) is 0 Å². The third-order valence-electron chi connectivity index (χ3n) is 3.19. The first-order valence-corrected chi connectivity index (χ1v) is 7.61. The molecule has 0 spiro atoms. The van der Waals surface area contributed by atoms with Crippen molar-refractivity contribution in [3.63, 3.8) is 0 Å². The maximum Gasteiger partial charge on any atom is 0.338 e. The van der Waals surface area contributed by atoms with Crippen LogP contribution in [0.4, 0.5) is 5.00 Å². The van der Waals surface area contributed by atoms with E-state index in [4.69, 9.17) is 4.74 Å². The summed E-state index contributed by atoms with van der Waals surface area (Å²) in [4.78, 5) is 24.1. The van der Waals surface area contributed by atoms with E-state index in [1.54, 1.807) is 6.92 Å². The first-order valence-electron chi connectivity index (χ1n) is 6.80. The highest BCUT2D eigenvalue weighted by Gasteiger charge is 2.20. The minimum absolute atomic E-state index is 0.157. The number of hydrogen-bond acceptors (Lipinski definition) is 4. The maximum atomic E-state index is 11.9. The largest absolute Gasteiger partial charge is 0.493 e. The maximum absolute atomic E-state index is 11.9. The molecule has 1 amide bonds. The molecule has 0 atom stereocenters. The highest BCUT2D eigenvalue weighted by molar-refractivity contribution is 7.16. The van der Waals surface area contributed by atoms with Gasteiger partial charge in [-0.3, -0.25) is 4.79 Å². The van der Waals surface area contributed by atoms with Crippen molar-refractivity contribution in [2.75, 3.05) is 11.9 Å². The number of hydrogen-bond donors (Lipinski definition) is 2. The SMILES string of the molecule is Cc1sc(NC(=O)CCOc2ccccc2)c(C(=O)O)c1C. The fourth-order valence-corrected chi connectivity index (χ4v) is 3.01. The van der Waals surface area contributed by atoms with E-state index in [1.807, 2.05) is 37.3 Å². The number of carbonyl (C=O) groups is 2. The van der Waals surface area contributed by atoms with Crippen molar-refractivity contribution in [3.8, 4) is 5.75 Å². The molecule has 2 aromatic rings. The second-order valence-corrected chi connectivity index (χ2v) is 5.98. The predicted molar refractivity (Wildman–Crippen MR) is 85.9 cm³/mol. The number of benzene rings is 1. The van der Waals surface area contributed by atoms with E-state index in [0.29, 0.717) is 16.3 Å². The molecule has 0 fully saturated rings. The number of carboxylic acids is 1. The summed E-state index contributed by atoms with van der Waals surface area (Å²) in [6.45, 7) is 3.81. The number of carbonyl (C=O) groups excluding carboxylic acids is 1. The van der Waals surface area contributed by atoms with E-state index < -0.39 is 5.97 Å². The van der Waals surface area contributed by atoms with Crippen molar-refractivity contribution in [1.29, 1.82) is 0 Å². The number of aromatic carboxylic acids is 1. The summed E-state index contributed by atoms with van der Waals surface area (Å²) in [5.74, 6) is -0.596. The molecule has 0 aliphatic carbocycles. The van der Waals surface area contributed by atoms with Crippen LogP contribution in [0.15, 0.2) is 30.3 Å². The van der Waals surface area contributed by atoms with Gasteiger partial charge in [0.25, 0.3) is 0 Å². The van der Waals surface area contributed by atoms with E-state index >= 15 is 0 Å². The Morgan fingerprint density at radius 1 is 1.23 bits per heavy atom. The molecule has 6 heteroatoms. The molecule has 0 aliphatic rings. The summed E-state index contributed by atoms with van der Waals surface area (Å²) in [5.41, 5.74) is 0.855. The average molecular weight is 319 g/mol.